The summed E-state index contributed by atoms with van der Waals surface area (Å²) in [5, 5.41) is 4.35. The van der Waals surface area contributed by atoms with Crippen LogP contribution >= 0.6 is 0 Å². The fraction of sp³-hybridized carbons (Fsp3) is 0.200. The third-order valence-electron chi connectivity index (χ3n) is 5.79. The molecule has 0 radical (unpaired) electrons. The second-order valence-corrected chi connectivity index (χ2v) is 8.05. The van der Waals surface area contributed by atoms with Gasteiger partial charge in [0.25, 0.3) is 5.91 Å². The Hall–Kier alpha value is -4.21. The van der Waals surface area contributed by atoms with Crippen LogP contribution in [0.2, 0.25) is 0 Å². The van der Waals surface area contributed by atoms with E-state index in [1.165, 1.54) is 16.8 Å². The summed E-state index contributed by atoms with van der Waals surface area (Å²) in [4.78, 5) is 25.8. The largest absolute Gasteiger partial charge is 0.416 e. The van der Waals surface area contributed by atoms with Gasteiger partial charge in [0, 0.05) is 37.9 Å². The summed E-state index contributed by atoms with van der Waals surface area (Å²) in [6, 6.07) is 19.4. The molecule has 3 heterocycles. The van der Waals surface area contributed by atoms with Gasteiger partial charge < -0.3 is 9.80 Å². The van der Waals surface area contributed by atoms with E-state index in [2.05, 4.69) is 20.0 Å². The quantitative estimate of drug-likeness (QED) is 0.437. The van der Waals surface area contributed by atoms with E-state index in [1.807, 2.05) is 24.3 Å². The molecule has 1 saturated heterocycles. The third-order valence-corrected chi connectivity index (χ3v) is 5.79. The molecule has 7 nitrogen and oxygen atoms in total. The number of halogens is 3. The van der Waals surface area contributed by atoms with Crippen LogP contribution < -0.4 is 4.90 Å². The van der Waals surface area contributed by atoms with Crippen LogP contribution in [0.5, 0.6) is 0 Å². The SMILES string of the molecule is O=C(c1nc(-c2ccccc2)n(-c2cccc(C(F)(F)F)c2)n1)N1CCN(c2ccccn2)CC1. The number of rotatable bonds is 4. The summed E-state index contributed by atoms with van der Waals surface area (Å²) in [6.45, 7) is 2.10. The molecule has 1 fully saturated rings. The van der Waals surface area contributed by atoms with Crippen LogP contribution in [0.4, 0.5) is 19.0 Å². The lowest BCUT2D eigenvalue weighted by Crippen LogP contribution is -2.49. The summed E-state index contributed by atoms with van der Waals surface area (Å²) in [5.41, 5.74) is 0.00432. The minimum Gasteiger partial charge on any atom is -0.353 e. The average molecular weight is 478 g/mol. The maximum Gasteiger partial charge on any atom is 0.416 e. The first-order valence-corrected chi connectivity index (χ1v) is 11.1. The molecule has 0 atom stereocenters. The highest BCUT2D eigenvalue weighted by Crippen LogP contribution is 2.31. The van der Waals surface area contributed by atoms with Gasteiger partial charge in [0.15, 0.2) is 5.82 Å². The van der Waals surface area contributed by atoms with Crippen molar-refractivity contribution in [3.63, 3.8) is 0 Å². The number of anilines is 1. The Morgan fingerprint density at radius 1 is 0.857 bits per heavy atom. The molecule has 0 spiro atoms. The van der Waals surface area contributed by atoms with Gasteiger partial charge in [0.1, 0.15) is 5.82 Å². The standard InChI is InChI=1S/C25H21F3N6O/c26-25(27,28)19-9-6-10-20(17-19)34-23(18-7-2-1-3-8-18)30-22(31-34)24(35)33-15-13-32(14-16-33)21-11-4-5-12-29-21/h1-12,17H,13-16H2. The maximum absolute atomic E-state index is 13.3. The number of carbonyl (C=O) groups is 1. The van der Waals surface area contributed by atoms with Gasteiger partial charge in [-0.3, -0.25) is 4.79 Å². The smallest absolute Gasteiger partial charge is 0.353 e. The first-order chi connectivity index (χ1) is 16.9. The summed E-state index contributed by atoms with van der Waals surface area (Å²) in [6.07, 6.45) is -2.78. The molecule has 1 aliphatic heterocycles. The number of pyridine rings is 1. The number of benzene rings is 2. The fourth-order valence-electron chi connectivity index (χ4n) is 3.99. The van der Waals surface area contributed by atoms with E-state index >= 15 is 0 Å². The lowest BCUT2D eigenvalue weighted by molar-refractivity contribution is -0.137. The van der Waals surface area contributed by atoms with Gasteiger partial charge in [-0.25, -0.2) is 14.6 Å². The van der Waals surface area contributed by atoms with Crippen molar-refractivity contribution in [2.45, 2.75) is 6.18 Å². The number of piperazine rings is 1. The molecule has 178 valence electrons. The Balaban J connectivity index is 1.45. The summed E-state index contributed by atoms with van der Waals surface area (Å²) in [7, 11) is 0. The first-order valence-electron chi connectivity index (χ1n) is 11.1. The van der Waals surface area contributed by atoms with Crippen LogP contribution in [0.3, 0.4) is 0 Å². The molecule has 2 aromatic carbocycles. The van der Waals surface area contributed by atoms with Crippen LogP contribution in [0, 0.1) is 0 Å². The van der Waals surface area contributed by atoms with Gasteiger partial charge in [-0.05, 0) is 30.3 Å². The molecule has 0 saturated carbocycles. The third kappa shape index (κ3) is 4.72. The molecule has 0 aliphatic carbocycles. The topological polar surface area (TPSA) is 67.2 Å². The van der Waals surface area contributed by atoms with Crippen molar-refractivity contribution in [1.82, 2.24) is 24.6 Å². The van der Waals surface area contributed by atoms with Crippen molar-refractivity contribution in [3.8, 4) is 17.1 Å². The molecule has 1 aliphatic rings. The molecular formula is C25H21F3N6O. The second-order valence-electron chi connectivity index (χ2n) is 8.05. The fourth-order valence-corrected chi connectivity index (χ4v) is 3.99. The molecular weight excluding hydrogens is 457 g/mol. The molecule has 0 N–H and O–H groups in total. The minimum atomic E-state index is -4.50. The molecule has 0 unspecified atom stereocenters. The maximum atomic E-state index is 13.3. The van der Waals surface area contributed by atoms with Gasteiger partial charge in [-0.1, -0.05) is 42.5 Å². The second kappa shape index (κ2) is 9.21. The van der Waals surface area contributed by atoms with Gasteiger partial charge in [-0.15, -0.1) is 5.10 Å². The van der Waals surface area contributed by atoms with Crippen LogP contribution in [0.25, 0.3) is 17.1 Å². The highest BCUT2D eigenvalue weighted by Gasteiger charge is 2.31. The van der Waals surface area contributed by atoms with E-state index < -0.39 is 11.7 Å². The first kappa shape index (κ1) is 22.6. The normalized spacial score (nSPS) is 14.3. The van der Waals surface area contributed by atoms with E-state index in [-0.39, 0.29) is 17.4 Å². The van der Waals surface area contributed by atoms with Crippen LogP contribution in [0.15, 0.2) is 79.0 Å². The van der Waals surface area contributed by atoms with Gasteiger partial charge in [0.05, 0.1) is 11.3 Å². The molecule has 0 bridgehead atoms. The van der Waals surface area contributed by atoms with E-state index in [0.29, 0.717) is 37.6 Å². The zero-order chi connectivity index (χ0) is 24.4. The number of hydrogen-bond donors (Lipinski definition) is 0. The Labute approximate surface area is 199 Å². The number of hydrogen-bond acceptors (Lipinski definition) is 5. The lowest BCUT2D eigenvalue weighted by Gasteiger charge is -2.34. The molecule has 1 amide bonds. The van der Waals surface area contributed by atoms with Gasteiger partial charge in [-0.2, -0.15) is 13.2 Å². The molecule has 10 heteroatoms. The Bertz CT molecular complexity index is 1320. The Kier molecular flexibility index (Phi) is 5.94. The number of carbonyl (C=O) groups excluding carboxylic acids is 1. The van der Waals surface area contributed by atoms with E-state index in [0.717, 1.165) is 18.0 Å². The van der Waals surface area contributed by atoms with Crippen LogP contribution in [0.1, 0.15) is 16.2 Å². The average Bonchev–Trinajstić information content (AvgIpc) is 3.35. The summed E-state index contributed by atoms with van der Waals surface area (Å²) < 4.78 is 41.3. The van der Waals surface area contributed by atoms with Crippen molar-refractivity contribution in [1.29, 1.82) is 0 Å². The predicted octanol–water partition coefficient (Wildman–Crippen LogP) is 4.31. The zero-order valence-electron chi connectivity index (χ0n) is 18.6. The Morgan fingerprint density at radius 2 is 1.60 bits per heavy atom. The van der Waals surface area contributed by atoms with Crippen molar-refractivity contribution >= 4 is 11.7 Å². The Morgan fingerprint density at radius 3 is 2.29 bits per heavy atom. The predicted molar refractivity (Wildman–Crippen MR) is 124 cm³/mol. The van der Waals surface area contributed by atoms with Crippen molar-refractivity contribution < 1.29 is 18.0 Å². The number of nitrogens with zero attached hydrogens (tertiary/aromatic N) is 6. The lowest BCUT2D eigenvalue weighted by atomic mass is 10.2. The zero-order valence-corrected chi connectivity index (χ0v) is 18.6. The van der Waals surface area contributed by atoms with Gasteiger partial charge >= 0.3 is 6.18 Å². The molecule has 5 rings (SSSR count). The van der Waals surface area contributed by atoms with Crippen LogP contribution in [-0.2, 0) is 6.18 Å². The van der Waals surface area contributed by atoms with Crippen molar-refractivity contribution in [3.05, 3.63) is 90.4 Å². The van der Waals surface area contributed by atoms with Crippen LogP contribution in [-0.4, -0.2) is 56.7 Å². The number of alkyl halides is 3. The highest BCUT2D eigenvalue weighted by atomic mass is 19.4. The molecule has 35 heavy (non-hydrogen) atoms. The van der Waals surface area contributed by atoms with E-state index in [9.17, 15) is 18.0 Å². The molecule has 2 aromatic heterocycles. The van der Waals surface area contributed by atoms with Gasteiger partial charge in [0.2, 0.25) is 5.82 Å². The monoisotopic (exact) mass is 478 g/mol. The van der Waals surface area contributed by atoms with E-state index in [4.69, 9.17) is 0 Å². The van der Waals surface area contributed by atoms with E-state index in [1.54, 1.807) is 35.4 Å². The number of amides is 1. The number of aromatic nitrogens is 4. The van der Waals surface area contributed by atoms with Crippen molar-refractivity contribution in [2.75, 3.05) is 31.1 Å². The highest BCUT2D eigenvalue weighted by molar-refractivity contribution is 5.91. The minimum absolute atomic E-state index is 0.0625. The van der Waals surface area contributed by atoms with Crippen molar-refractivity contribution in [2.24, 2.45) is 0 Å². The summed E-state index contributed by atoms with van der Waals surface area (Å²) >= 11 is 0. The molecule has 4 aromatic rings. The summed E-state index contributed by atoms with van der Waals surface area (Å²) in [5.74, 6) is 0.708.